The largest absolute Gasteiger partial charge is 0.481 e. The molecule has 0 aromatic carbocycles. The molecule has 98 valence electrons. The van der Waals surface area contributed by atoms with Crippen molar-refractivity contribution in [3.05, 3.63) is 11.6 Å². The van der Waals surface area contributed by atoms with E-state index in [9.17, 15) is 9.59 Å². The molecule has 0 spiro atoms. The number of allylic oxidation sites excluding steroid dienone is 1. The standard InChI is InChI=1S/C13H22O4/c1-3-5-7-8-11(10-12(14)15)13(16)17-9-6-4-2/h8H,3-7,9-10H2,1-2H3,(H,14,15). The molecule has 1 N–H and O–H groups in total. The van der Waals surface area contributed by atoms with Crippen molar-refractivity contribution in [2.75, 3.05) is 6.61 Å². The van der Waals surface area contributed by atoms with Gasteiger partial charge in [0.15, 0.2) is 0 Å². The van der Waals surface area contributed by atoms with Crippen molar-refractivity contribution in [2.45, 2.75) is 52.4 Å². The Labute approximate surface area is 103 Å². The summed E-state index contributed by atoms with van der Waals surface area (Å²) in [4.78, 5) is 22.2. The van der Waals surface area contributed by atoms with Crippen LogP contribution in [-0.2, 0) is 14.3 Å². The number of hydrogen-bond acceptors (Lipinski definition) is 3. The summed E-state index contributed by atoms with van der Waals surface area (Å²) in [5, 5.41) is 8.71. The van der Waals surface area contributed by atoms with Crippen molar-refractivity contribution in [3.8, 4) is 0 Å². The molecule has 0 aliphatic rings. The van der Waals surface area contributed by atoms with E-state index in [1.807, 2.05) is 13.8 Å². The molecule has 0 aliphatic carbocycles. The van der Waals surface area contributed by atoms with E-state index in [-0.39, 0.29) is 12.0 Å². The highest BCUT2D eigenvalue weighted by atomic mass is 16.5. The van der Waals surface area contributed by atoms with Crippen molar-refractivity contribution in [1.29, 1.82) is 0 Å². The summed E-state index contributed by atoms with van der Waals surface area (Å²) in [7, 11) is 0. The Balaban J connectivity index is 4.29. The van der Waals surface area contributed by atoms with Crippen LogP contribution in [0.25, 0.3) is 0 Å². The number of esters is 1. The fourth-order valence-electron chi connectivity index (χ4n) is 1.27. The van der Waals surface area contributed by atoms with Crippen LogP contribution in [0.2, 0.25) is 0 Å². The predicted molar refractivity (Wildman–Crippen MR) is 65.7 cm³/mol. The Morgan fingerprint density at radius 2 is 1.82 bits per heavy atom. The first-order valence-electron chi connectivity index (χ1n) is 6.19. The minimum atomic E-state index is -1.000. The van der Waals surface area contributed by atoms with Gasteiger partial charge in [-0.1, -0.05) is 39.2 Å². The van der Waals surface area contributed by atoms with Crippen LogP contribution >= 0.6 is 0 Å². The van der Waals surface area contributed by atoms with Crippen LogP contribution in [0.5, 0.6) is 0 Å². The summed E-state index contributed by atoms with van der Waals surface area (Å²) < 4.78 is 5.01. The first-order chi connectivity index (χ1) is 8.11. The smallest absolute Gasteiger partial charge is 0.334 e. The van der Waals surface area contributed by atoms with Gasteiger partial charge < -0.3 is 9.84 Å². The Kier molecular flexibility index (Phi) is 9.11. The molecule has 0 atom stereocenters. The Bertz CT molecular complexity index is 269. The molecule has 0 aliphatic heterocycles. The van der Waals surface area contributed by atoms with Crippen LogP contribution in [0, 0.1) is 0 Å². The normalized spacial score (nSPS) is 11.3. The fourth-order valence-corrected chi connectivity index (χ4v) is 1.27. The van der Waals surface area contributed by atoms with Gasteiger partial charge in [0.2, 0.25) is 0 Å². The van der Waals surface area contributed by atoms with E-state index in [4.69, 9.17) is 9.84 Å². The molecule has 0 heterocycles. The number of unbranched alkanes of at least 4 members (excludes halogenated alkanes) is 3. The molecule has 4 nitrogen and oxygen atoms in total. The van der Waals surface area contributed by atoms with Gasteiger partial charge in [0.05, 0.1) is 13.0 Å². The maximum Gasteiger partial charge on any atom is 0.334 e. The molecule has 0 amide bonds. The number of ether oxygens (including phenoxy) is 1. The minimum Gasteiger partial charge on any atom is -0.481 e. The SMILES string of the molecule is CCCCC=C(CC(=O)O)C(=O)OCCCC. The van der Waals surface area contributed by atoms with E-state index in [1.165, 1.54) is 0 Å². The van der Waals surface area contributed by atoms with Gasteiger partial charge in [0, 0.05) is 5.57 Å². The van der Waals surface area contributed by atoms with Crippen LogP contribution in [0.3, 0.4) is 0 Å². The third-order valence-corrected chi connectivity index (χ3v) is 2.28. The maximum absolute atomic E-state index is 11.6. The minimum absolute atomic E-state index is 0.255. The van der Waals surface area contributed by atoms with Gasteiger partial charge in [-0.2, -0.15) is 0 Å². The lowest BCUT2D eigenvalue weighted by molar-refractivity contribution is -0.143. The molecule has 0 bridgehead atoms. The monoisotopic (exact) mass is 242 g/mol. The van der Waals surface area contributed by atoms with Gasteiger partial charge in [-0.3, -0.25) is 4.79 Å². The van der Waals surface area contributed by atoms with Gasteiger partial charge in [0.1, 0.15) is 0 Å². The van der Waals surface area contributed by atoms with E-state index in [1.54, 1.807) is 6.08 Å². The number of rotatable bonds is 9. The second kappa shape index (κ2) is 9.87. The highest BCUT2D eigenvalue weighted by Crippen LogP contribution is 2.09. The predicted octanol–water partition coefficient (Wildman–Crippen LogP) is 2.92. The second-order valence-electron chi connectivity index (χ2n) is 3.93. The van der Waals surface area contributed by atoms with Crippen molar-refractivity contribution in [2.24, 2.45) is 0 Å². The summed E-state index contributed by atoms with van der Waals surface area (Å²) in [6, 6.07) is 0. The Morgan fingerprint density at radius 3 is 2.35 bits per heavy atom. The second-order valence-corrected chi connectivity index (χ2v) is 3.93. The lowest BCUT2D eigenvalue weighted by Gasteiger charge is -2.06. The summed E-state index contributed by atoms with van der Waals surface area (Å²) in [6.45, 7) is 4.41. The van der Waals surface area contributed by atoms with Gasteiger partial charge in [0.25, 0.3) is 0 Å². The quantitative estimate of drug-likeness (QED) is 0.383. The Hall–Kier alpha value is -1.32. The number of carbonyl (C=O) groups is 2. The third kappa shape index (κ3) is 8.48. The van der Waals surface area contributed by atoms with E-state index in [2.05, 4.69) is 0 Å². The lowest BCUT2D eigenvalue weighted by Crippen LogP contribution is -2.12. The molecule has 0 saturated carbocycles. The highest BCUT2D eigenvalue weighted by Gasteiger charge is 2.14. The van der Waals surface area contributed by atoms with Crippen molar-refractivity contribution < 1.29 is 19.4 Å². The average Bonchev–Trinajstić information content (AvgIpc) is 2.27. The topological polar surface area (TPSA) is 63.6 Å². The molecule has 0 radical (unpaired) electrons. The zero-order valence-corrected chi connectivity index (χ0v) is 10.7. The number of aliphatic carboxylic acids is 1. The fraction of sp³-hybridized carbons (Fsp3) is 0.692. The molecule has 0 aromatic heterocycles. The van der Waals surface area contributed by atoms with Gasteiger partial charge in [-0.25, -0.2) is 4.79 Å². The summed E-state index contributed by atoms with van der Waals surface area (Å²) >= 11 is 0. The molecule has 0 unspecified atom stereocenters. The lowest BCUT2D eigenvalue weighted by atomic mass is 10.1. The molecule has 0 rings (SSSR count). The summed E-state index contributed by atoms with van der Waals surface area (Å²) in [5.74, 6) is -1.49. The summed E-state index contributed by atoms with van der Waals surface area (Å²) in [6.07, 6.45) is 5.87. The third-order valence-electron chi connectivity index (χ3n) is 2.28. The number of carboxylic acid groups (broad SMARTS) is 1. The number of hydrogen-bond donors (Lipinski definition) is 1. The maximum atomic E-state index is 11.6. The first-order valence-corrected chi connectivity index (χ1v) is 6.19. The van der Waals surface area contributed by atoms with Crippen molar-refractivity contribution in [3.63, 3.8) is 0 Å². The average molecular weight is 242 g/mol. The molecule has 0 aromatic rings. The van der Waals surface area contributed by atoms with E-state index < -0.39 is 11.9 Å². The zero-order valence-electron chi connectivity index (χ0n) is 10.7. The molecule has 0 fully saturated rings. The van der Waals surface area contributed by atoms with Crippen LogP contribution < -0.4 is 0 Å². The van der Waals surface area contributed by atoms with Crippen LogP contribution in [0.15, 0.2) is 11.6 Å². The zero-order chi connectivity index (χ0) is 13.1. The van der Waals surface area contributed by atoms with Crippen LogP contribution in [0.1, 0.15) is 52.4 Å². The molecule has 0 saturated heterocycles. The highest BCUT2D eigenvalue weighted by molar-refractivity contribution is 5.93. The van der Waals surface area contributed by atoms with Gasteiger partial charge in [-0.05, 0) is 12.8 Å². The van der Waals surface area contributed by atoms with E-state index >= 15 is 0 Å². The molecular weight excluding hydrogens is 220 g/mol. The Morgan fingerprint density at radius 1 is 1.18 bits per heavy atom. The van der Waals surface area contributed by atoms with Crippen molar-refractivity contribution >= 4 is 11.9 Å². The molecule has 4 heteroatoms. The van der Waals surface area contributed by atoms with Crippen LogP contribution in [0.4, 0.5) is 0 Å². The molecule has 17 heavy (non-hydrogen) atoms. The molecular formula is C13H22O4. The van der Waals surface area contributed by atoms with Crippen molar-refractivity contribution in [1.82, 2.24) is 0 Å². The number of carbonyl (C=O) groups excluding carboxylic acids is 1. The van der Waals surface area contributed by atoms with Crippen LogP contribution in [-0.4, -0.2) is 23.7 Å². The first kappa shape index (κ1) is 15.7. The van der Waals surface area contributed by atoms with E-state index in [0.717, 1.165) is 32.1 Å². The van der Waals surface area contributed by atoms with E-state index in [0.29, 0.717) is 6.61 Å². The summed E-state index contributed by atoms with van der Waals surface area (Å²) in [5.41, 5.74) is 0.266. The van der Waals surface area contributed by atoms with Gasteiger partial charge >= 0.3 is 11.9 Å². The number of carboxylic acids is 1. The van der Waals surface area contributed by atoms with Gasteiger partial charge in [-0.15, -0.1) is 0 Å².